The van der Waals surface area contributed by atoms with Crippen LogP contribution >= 0.6 is 0 Å². The van der Waals surface area contributed by atoms with Crippen LogP contribution in [0.15, 0.2) is 24.3 Å². The molecule has 0 heterocycles. The topological polar surface area (TPSA) is 69.6 Å². The third-order valence-electron chi connectivity index (χ3n) is 3.85. The van der Waals surface area contributed by atoms with Crippen LogP contribution in [0.1, 0.15) is 25.7 Å². The Kier molecular flexibility index (Phi) is 4.77. The maximum atomic E-state index is 13.2. The number of urea groups is 1. The van der Waals surface area contributed by atoms with Crippen molar-refractivity contribution in [1.29, 1.82) is 0 Å². The van der Waals surface area contributed by atoms with E-state index < -0.39 is 17.7 Å². The van der Waals surface area contributed by atoms with Gasteiger partial charge in [-0.1, -0.05) is 12.5 Å². The molecule has 1 aromatic rings. The van der Waals surface area contributed by atoms with E-state index in [2.05, 4.69) is 5.32 Å². The third kappa shape index (κ3) is 3.93. The van der Waals surface area contributed by atoms with E-state index in [-0.39, 0.29) is 12.1 Å². The molecule has 2 N–H and O–H groups in total. The fourth-order valence-corrected chi connectivity index (χ4v) is 2.62. The Morgan fingerprint density at radius 2 is 2.14 bits per heavy atom. The normalized spacial score (nSPS) is 21.6. The highest BCUT2D eigenvalue weighted by Crippen LogP contribution is 2.25. The second-order valence-electron chi connectivity index (χ2n) is 5.39. The van der Waals surface area contributed by atoms with Crippen molar-refractivity contribution in [2.75, 3.05) is 11.9 Å². The van der Waals surface area contributed by atoms with E-state index in [0.29, 0.717) is 18.5 Å². The lowest BCUT2D eigenvalue weighted by Gasteiger charge is -2.29. The number of carbonyl (C=O) groups excluding carboxylic acids is 1. The van der Waals surface area contributed by atoms with Gasteiger partial charge in [-0.3, -0.25) is 9.69 Å². The zero-order valence-corrected chi connectivity index (χ0v) is 11.9. The van der Waals surface area contributed by atoms with E-state index in [9.17, 15) is 14.0 Å². The number of benzene rings is 1. The number of carboxylic acids is 1. The summed E-state index contributed by atoms with van der Waals surface area (Å²) in [7, 11) is 1.56. The Labute approximate surface area is 122 Å². The number of hydrogen-bond donors (Lipinski definition) is 2. The zero-order valence-electron chi connectivity index (χ0n) is 11.9. The molecule has 0 aromatic heterocycles. The van der Waals surface area contributed by atoms with Crippen molar-refractivity contribution >= 4 is 17.7 Å². The summed E-state index contributed by atoms with van der Waals surface area (Å²) in [5, 5.41) is 11.9. The second-order valence-corrected chi connectivity index (χ2v) is 5.39. The average molecular weight is 294 g/mol. The summed E-state index contributed by atoms with van der Waals surface area (Å²) in [6, 6.07) is 5.27. The van der Waals surface area contributed by atoms with Crippen LogP contribution in [-0.4, -0.2) is 30.2 Å². The lowest BCUT2D eigenvalue weighted by Crippen LogP contribution is -2.45. The first kappa shape index (κ1) is 15.3. The van der Waals surface area contributed by atoms with Gasteiger partial charge in [-0.2, -0.15) is 0 Å². The first-order chi connectivity index (χ1) is 9.97. The molecule has 2 rings (SSSR count). The molecule has 0 bridgehead atoms. The number of hydrogen-bond acceptors (Lipinski definition) is 2. The number of nitrogens with one attached hydrogen (secondary N) is 1. The summed E-state index contributed by atoms with van der Waals surface area (Å²) in [4.78, 5) is 24.5. The van der Waals surface area contributed by atoms with Crippen LogP contribution in [0.3, 0.4) is 0 Å². The minimum atomic E-state index is -0.813. The highest BCUT2D eigenvalue weighted by molar-refractivity contribution is 5.91. The molecule has 1 fully saturated rings. The van der Waals surface area contributed by atoms with Crippen LogP contribution in [0.4, 0.5) is 14.9 Å². The van der Waals surface area contributed by atoms with Gasteiger partial charge in [0, 0.05) is 18.8 Å². The predicted molar refractivity (Wildman–Crippen MR) is 76.7 cm³/mol. The van der Waals surface area contributed by atoms with E-state index in [0.717, 1.165) is 12.8 Å². The van der Waals surface area contributed by atoms with Gasteiger partial charge in [-0.05, 0) is 37.5 Å². The van der Waals surface area contributed by atoms with Crippen LogP contribution in [0, 0.1) is 11.7 Å². The minimum Gasteiger partial charge on any atom is -0.481 e. The van der Waals surface area contributed by atoms with Gasteiger partial charge >= 0.3 is 12.0 Å². The van der Waals surface area contributed by atoms with Crippen LogP contribution in [0.5, 0.6) is 0 Å². The molecule has 2 unspecified atom stereocenters. The molecule has 5 nitrogen and oxygen atoms in total. The van der Waals surface area contributed by atoms with Gasteiger partial charge in [0.15, 0.2) is 0 Å². The van der Waals surface area contributed by atoms with E-state index in [1.165, 1.54) is 23.1 Å². The number of nitrogens with zero attached hydrogens (tertiary/aromatic N) is 1. The SMILES string of the molecule is CN(C(=O)NC1CCCC(C(=O)O)C1)c1cccc(F)c1. The monoisotopic (exact) mass is 294 g/mol. The molecule has 0 aliphatic heterocycles. The molecule has 1 aliphatic carbocycles. The Morgan fingerprint density at radius 3 is 2.81 bits per heavy atom. The van der Waals surface area contributed by atoms with Crippen LogP contribution < -0.4 is 10.2 Å². The van der Waals surface area contributed by atoms with Crippen LogP contribution in [0.2, 0.25) is 0 Å². The Bertz CT molecular complexity index is 535. The predicted octanol–water partition coefficient (Wildman–Crippen LogP) is 2.61. The Hall–Kier alpha value is -2.11. The zero-order chi connectivity index (χ0) is 15.4. The average Bonchev–Trinajstić information content (AvgIpc) is 2.46. The first-order valence-electron chi connectivity index (χ1n) is 7.00. The number of halogens is 1. The number of rotatable bonds is 3. The summed E-state index contributed by atoms with van der Waals surface area (Å²) < 4.78 is 13.2. The van der Waals surface area contributed by atoms with Gasteiger partial charge in [0.25, 0.3) is 0 Å². The third-order valence-corrected chi connectivity index (χ3v) is 3.85. The molecule has 2 amide bonds. The summed E-state index contributed by atoms with van der Waals surface area (Å²) >= 11 is 0. The summed E-state index contributed by atoms with van der Waals surface area (Å²) in [5.74, 6) is -1.62. The first-order valence-corrected chi connectivity index (χ1v) is 7.00. The van der Waals surface area contributed by atoms with Crippen LogP contribution in [0.25, 0.3) is 0 Å². The molecule has 21 heavy (non-hydrogen) atoms. The molecule has 1 saturated carbocycles. The van der Waals surface area contributed by atoms with Crippen molar-refractivity contribution in [3.63, 3.8) is 0 Å². The largest absolute Gasteiger partial charge is 0.481 e. The number of carbonyl (C=O) groups is 2. The number of carboxylic acid groups (broad SMARTS) is 1. The van der Waals surface area contributed by atoms with Gasteiger partial charge in [0.05, 0.1) is 5.92 Å². The quantitative estimate of drug-likeness (QED) is 0.900. The van der Waals surface area contributed by atoms with Gasteiger partial charge in [0.2, 0.25) is 0 Å². The molecule has 0 saturated heterocycles. The van der Waals surface area contributed by atoms with E-state index in [1.807, 2.05) is 0 Å². The van der Waals surface area contributed by atoms with Gasteiger partial charge in [-0.25, -0.2) is 9.18 Å². The highest BCUT2D eigenvalue weighted by Gasteiger charge is 2.28. The van der Waals surface area contributed by atoms with Crippen molar-refractivity contribution in [3.8, 4) is 0 Å². The smallest absolute Gasteiger partial charge is 0.321 e. The highest BCUT2D eigenvalue weighted by atomic mass is 19.1. The molecule has 1 aliphatic rings. The standard InChI is InChI=1S/C15H19FN2O3/c1-18(13-7-3-5-11(16)9-13)15(21)17-12-6-2-4-10(8-12)14(19)20/h3,5,7,9-10,12H,2,4,6,8H2,1H3,(H,17,21)(H,19,20). The Balaban J connectivity index is 1.96. The summed E-state index contributed by atoms with van der Waals surface area (Å²) in [6.07, 6.45) is 2.65. The number of aliphatic carboxylic acids is 1. The maximum Gasteiger partial charge on any atom is 0.321 e. The van der Waals surface area contributed by atoms with Crippen molar-refractivity contribution in [3.05, 3.63) is 30.1 Å². The van der Waals surface area contributed by atoms with E-state index in [4.69, 9.17) is 5.11 Å². The lowest BCUT2D eigenvalue weighted by molar-refractivity contribution is -0.143. The fourth-order valence-electron chi connectivity index (χ4n) is 2.62. The molecular weight excluding hydrogens is 275 g/mol. The van der Waals surface area contributed by atoms with Crippen molar-refractivity contribution < 1.29 is 19.1 Å². The Morgan fingerprint density at radius 1 is 1.38 bits per heavy atom. The summed E-state index contributed by atoms with van der Waals surface area (Å²) in [6.45, 7) is 0. The van der Waals surface area contributed by atoms with Gasteiger partial charge in [-0.15, -0.1) is 0 Å². The molecule has 2 atom stereocenters. The van der Waals surface area contributed by atoms with Crippen molar-refractivity contribution in [2.24, 2.45) is 5.92 Å². The second kappa shape index (κ2) is 6.56. The van der Waals surface area contributed by atoms with E-state index >= 15 is 0 Å². The maximum absolute atomic E-state index is 13.2. The minimum absolute atomic E-state index is 0.150. The molecule has 114 valence electrons. The molecule has 0 radical (unpaired) electrons. The van der Waals surface area contributed by atoms with Crippen LogP contribution in [-0.2, 0) is 4.79 Å². The van der Waals surface area contributed by atoms with Gasteiger partial charge in [0.1, 0.15) is 5.82 Å². The summed E-state index contributed by atoms with van der Waals surface area (Å²) in [5.41, 5.74) is 0.457. The number of anilines is 1. The molecule has 0 spiro atoms. The van der Waals surface area contributed by atoms with E-state index in [1.54, 1.807) is 13.1 Å². The van der Waals surface area contributed by atoms with Crippen molar-refractivity contribution in [2.45, 2.75) is 31.7 Å². The fraction of sp³-hybridized carbons (Fsp3) is 0.467. The van der Waals surface area contributed by atoms with Gasteiger partial charge < -0.3 is 10.4 Å². The molecule has 1 aromatic carbocycles. The lowest BCUT2D eigenvalue weighted by atomic mass is 9.86. The molecule has 6 heteroatoms. The molecular formula is C15H19FN2O3. The van der Waals surface area contributed by atoms with Crippen molar-refractivity contribution in [1.82, 2.24) is 5.32 Å². The number of amides is 2.